The third-order valence-corrected chi connectivity index (χ3v) is 4.37. The van der Waals surface area contributed by atoms with Crippen molar-refractivity contribution in [2.24, 2.45) is 0 Å². The zero-order chi connectivity index (χ0) is 16.2. The summed E-state index contributed by atoms with van der Waals surface area (Å²) in [5, 5.41) is 3.84. The Morgan fingerprint density at radius 2 is 2.04 bits per heavy atom. The molecule has 8 heteroatoms. The third-order valence-electron chi connectivity index (χ3n) is 3.24. The summed E-state index contributed by atoms with van der Waals surface area (Å²) in [6.07, 6.45) is 2.64. The van der Waals surface area contributed by atoms with E-state index in [1.54, 1.807) is 0 Å². The highest BCUT2D eigenvalue weighted by atomic mass is 32.2. The number of imidazole rings is 1. The number of hydrogen-bond donors (Lipinski definition) is 0. The van der Waals surface area contributed by atoms with Gasteiger partial charge < -0.3 is 4.52 Å². The van der Waals surface area contributed by atoms with Gasteiger partial charge in [0.1, 0.15) is 5.82 Å². The van der Waals surface area contributed by atoms with Gasteiger partial charge in [0.05, 0.1) is 11.0 Å². The summed E-state index contributed by atoms with van der Waals surface area (Å²) in [4.78, 5) is 8.32. The molecule has 0 N–H and O–H groups in total. The minimum absolute atomic E-state index is 0.122. The second kappa shape index (κ2) is 6.91. The predicted octanol–water partition coefficient (Wildman–Crippen LogP) is 4.32. The summed E-state index contributed by atoms with van der Waals surface area (Å²) in [5.74, 6) is 1.63. The summed E-state index contributed by atoms with van der Waals surface area (Å²) in [5.41, 5.74) is 0.868. The van der Waals surface area contributed by atoms with Crippen LogP contribution < -0.4 is 0 Å². The van der Waals surface area contributed by atoms with Gasteiger partial charge in [-0.05, 0) is 6.92 Å². The highest BCUT2D eigenvalue weighted by molar-refractivity contribution is 7.98. The first kappa shape index (κ1) is 15.7. The van der Waals surface area contributed by atoms with Crippen molar-refractivity contribution >= 4 is 11.8 Å². The first-order chi connectivity index (χ1) is 11.1. The molecule has 0 fully saturated rings. The van der Waals surface area contributed by atoms with Crippen LogP contribution in [0.15, 0.2) is 47.2 Å². The van der Waals surface area contributed by atoms with Crippen LogP contribution in [-0.4, -0.2) is 19.7 Å². The normalized spacial score (nSPS) is 12.7. The maximum atomic E-state index is 12.8. The molecule has 1 atom stereocenters. The van der Waals surface area contributed by atoms with Crippen molar-refractivity contribution in [2.45, 2.75) is 24.5 Å². The largest absolute Gasteiger partial charge is 0.338 e. The van der Waals surface area contributed by atoms with E-state index < -0.39 is 6.55 Å². The van der Waals surface area contributed by atoms with Gasteiger partial charge in [0.25, 0.3) is 0 Å². The molecule has 0 unspecified atom stereocenters. The maximum absolute atomic E-state index is 12.8. The van der Waals surface area contributed by atoms with Crippen LogP contribution in [0.2, 0.25) is 0 Å². The fourth-order valence-corrected chi connectivity index (χ4v) is 2.87. The number of benzene rings is 1. The van der Waals surface area contributed by atoms with E-state index in [4.69, 9.17) is 4.52 Å². The van der Waals surface area contributed by atoms with Gasteiger partial charge in [-0.3, -0.25) is 4.57 Å². The molecule has 5 nitrogen and oxygen atoms in total. The van der Waals surface area contributed by atoms with E-state index >= 15 is 0 Å². The quantitative estimate of drug-likeness (QED) is 0.671. The third kappa shape index (κ3) is 3.58. The predicted molar refractivity (Wildman–Crippen MR) is 82.9 cm³/mol. The maximum Gasteiger partial charge on any atom is 0.319 e. The molecule has 0 saturated carbocycles. The minimum atomic E-state index is -2.59. The van der Waals surface area contributed by atoms with Crippen molar-refractivity contribution in [3.05, 3.63) is 54.4 Å². The number of hydrogen-bond acceptors (Lipinski definition) is 5. The lowest BCUT2D eigenvalue weighted by Gasteiger charge is -2.08. The van der Waals surface area contributed by atoms with Gasteiger partial charge in [-0.15, -0.1) is 11.8 Å². The van der Waals surface area contributed by atoms with Crippen LogP contribution in [0.25, 0.3) is 11.4 Å². The van der Waals surface area contributed by atoms with Crippen LogP contribution in [0.5, 0.6) is 0 Å². The molecule has 0 aliphatic rings. The smallest absolute Gasteiger partial charge is 0.319 e. The molecule has 3 rings (SSSR count). The van der Waals surface area contributed by atoms with E-state index in [0.717, 1.165) is 10.1 Å². The fraction of sp³-hybridized carbons (Fsp3) is 0.267. The molecule has 0 aliphatic carbocycles. The molecule has 23 heavy (non-hydrogen) atoms. The highest BCUT2D eigenvalue weighted by Crippen LogP contribution is 2.31. The molecule has 3 aromatic rings. The number of rotatable bonds is 6. The molecule has 120 valence electrons. The van der Waals surface area contributed by atoms with E-state index in [1.807, 2.05) is 37.3 Å². The fourth-order valence-electron chi connectivity index (χ4n) is 2.01. The van der Waals surface area contributed by atoms with E-state index in [9.17, 15) is 8.78 Å². The Hall–Kier alpha value is -2.22. The van der Waals surface area contributed by atoms with Crippen molar-refractivity contribution in [3.63, 3.8) is 0 Å². The van der Waals surface area contributed by atoms with Crippen LogP contribution in [0.4, 0.5) is 8.78 Å². The van der Waals surface area contributed by atoms with Gasteiger partial charge in [-0.1, -0.05) is 35.5 Å². The summed E-state index contributed by atoms with van der Waals surface area (Å²) in [6.45, 7) is -0.695. The average molecular weight is 336 g/mol. The number of halogens is 2. The lowest BCUT2D eigenvalue weighted by molar-refractivity contribution is 0.0678. The van der Waals surface area contributed by atoms with Gasteiger partial charge in [-0.2, -0.15) is 13.8 Å². The van der Waals surface area contributed by atoms with Crippen LogP contribution in [-0.2, 0) is 5.75 Å². The van der Waals surface area contributed by atoms with Crippen molar-refractivity contribution in [1.82, 2.24) is 19.7 Å². The Labute approximate surface area is 135 Å². The summed E-state index contributed by atoms with van der Waals surface area (Å²) >= 11 is 1.41. The van der Waals surface area contributed by atoms with Gasteiger partial charge in [-0.25, -0.2) is 4.98 Å². The van der Waals surface area contributed by atoms with Gasteiger partial charge >= 0.3 is 6.55 Å². The van der Waals surface area contributed by atoms with Gasteiger partial charge in [0.15, 0.2) is 0 Å². The number of aromatic nitrogens is 4. The van der Waals surface area contributed by atoms with E-state index in [1.165, 1.54) is 24.2 Å². The Morgan fingerprint density at radius 1 is 1.26 bits per heavy atom. The Morgan fingerprint density at radius 3 is 2.78 bits per heavy atom. The highest BCUT2D eigenvalue weighted by Gasteiger charge is 2.18. The Kier molecular flexibility index (Phi) is 4.71. The van der Waals surface area contributed by atoms with E-state index in [2.05, 4.69) is 15.1 Å². The Bertz CT molecular complexity index is 760. The first-order valence-electron chi connectivity index (χ1n) is 6.95. The van der Waals surface area contributed by atoms with E-state index in [-0.39, 0.29) is 5.25 Å². The van der Waals surface area contributed by atoms with Crippen LogP contribution in [0.1, 0.15) is 30.4 Å². The summed E-state index contributed by atoms with van der Waals surface area (Å²) in [6, 6.07) is 9.49. The Balaban J connectivity index is 1.66. The molecule has 0 spiro atoms. The van der Waals surface area contributed by atoms with E-state index in [0.29, 0.717) is 23.3 Å². The SMILES string of the molecule is C[C@@H](SCc1nccn1C(F)F)c1nc(-c2ccccc2)no1. The van der Waals surface area contributed by atoms with Crippen molar-refractivity contribution in [2.75, 3.05) is 0 Å². The first-order valence-corrected chi connectivity index (χ1v) is 8.00. The molecule has 2 heterocycles. The number of thioether (sulfide) groups is 1. The molecule has 2 aromatic heterocycles. The van der Waals surface area contributed by atoms with Gasteiger partial charge in [0.2, 0.25) is 11.7 Å². The van der Waals surface area contributed by atoms with Crippen LogP contribution >= 0.6 is 11.8 Å². The van der Waals surface area contributed by atoms with Crippen molar-refractivity contribution in [1.29, 1.82) is 0 Å². The molecule has 0 bridgehead atoms. The van der Waals surface area contributed by atoms with Crippen molar-refractivity contribution < 1.29 is 13.3 Å². The zero-order valence-electron chi connectivity index (χ0n) is 12.3. The molecular weight excluding hydrogens is 322 g/mol. The van der Waals surface area contributed by atoms with Crippen LogP contribution in [0.3, 0.4) is 0 Å². The standard InChI is InChI=1S/C15H14F2N4OS/c1-10(23-9-12-18-7-8-21(12)15(16)17)14-19-13(20-22-14)11-5-3-2-4-6-11/h2-8,10,15H,9H2,1H3/t10-/m1/s1. The van der Waals surface area contributed by atoms with Crippen molar-refractivity contribution in [3.8, 4) is 11.4 Å². The lowest BCUT2D eigenvalue weighted by atomic mass is 10.2. The molecule has 0 amide bonds. The molecular formula is C15H14F2N4OS. The second-order valence-electron chi connectivity index (χ2n) is 4.80. The number of alkyl halides is 2. The minimum Gasteiger partial charge on any atom is -0.338 e. The summed E-state index contributed by atoms with van der Waals surface area (Å²) < 4.78 is 31.7. The van der Waals surface area contributed by atoms with Gasteiger partial charge in [0, 0.05) is 18.0 Å². The summed E-state index contributed by atoms with van der Waals surface area (Å²) in [7, 11) is 0. The van der Waals surface area contributed by atoms with Crippen LogP contribution in [0, 0.1) is 0 Å². The number of nitrogens with zero attached hydrogens (tertiary/aromatic N) is 4. The molecule has 0 aliphatic heterocycles. The second-order valence-corrected chi connectivity index (χ2v) is 6.13. The zero-order valence-corrected chi connectivity index (χ0v) is 13.1. The lowest BCUT2D eigenvalue weighted by Crippen LogP contribution is -2.03. The molecule has 0 saturated heterocycles. The monoisotopic (exact) mass is 336 g/mol. The molecule has 1 aromatic carbocycles. The average Bonchev–Trinajstić information content (AvgIpc) is 3.22. The topological polar surface area (TPSA) is 56.7 Å². The molecule has 0 radical (unpaired) electrons.